The Labute approximate surface area is 282 Å². The molecule has 0 atom stereocenters. The predicted molar refractivity (Wildman–Crippen MR) is 189 cm³/mol. The van der Waals surface area contributed by atoms with Crippen molar-refractivity contribution < 1.29 is 27.5 Å². The predicted octanol–water partition coefficient (Wildman–Crippen LogP) is 7.90. The van der Waals surface area contributed by atoms with Crippen molar-refractivity contribution in [1.82, 2.24) is 4.31 Å². The van der Waals surface area contributed by atoms with Crippen molar-refractivity contribution in [1.29, 1.82) is 0 Å². The Morgan fingerprint density at radius 1 is 0.830 bits per heavy atom. The molecule has 0 saturated carbocycles. The van der Waals surface area contributed by atoms with Gasteiger partial charge in [0.15, 0.2) is 0 Å². The highest BCUT2D eigenvalue weighted by atomic mass is 32.2. The number of sulfonamides is 1. The van der Waals surface area contributed by atoms with Gasteiger partial charge in [0, 0.05) is 18.8 Å². The molecule has 0 aromatic heterocycles. The largest absolute Gasteiger partial charge is 0.493 e. The van der Waals surface area contributed by atoms with Gasteiger partial charge in [0.2, 0.25) is 15.9 Å². The summed E-state index contributed by atoms with van der Waals surface area (Å²) in [5.41, 5.74) is 5.00. The number of carbonyl (C=O) groups excluding carboxylic acids is 2. The molecule has 3 aromatic carbocycles. The fraction of sp³-hybridized carbons (Fsp3) is 0.474. The third-order valence-corrected chi connectivity index (χ3v) is 10.2. The first-order valence-electron chi connectivity index (χ1n) is 16.5. The van der Waals surface area contributed by atoms with E-state index in [0.717, 1.165) is 46.7 Å². The van der Waals surface area contributed by atoms with Gasteiger partial charge in [-0.25, -0.2) is 13.2 Å². The minimum atomic E-state index is -3.97. The molecule has 0 aliphatic carbocycles. The van der Waals surface area contributed by atoms with Crippen LogP contribution in [0.3, 0.4) is 0 Å². The summed E-state index contributed by atoms with van der Waals surface area (Å²) in [5, 5.41) is 0. The Bertz CT molecular complexity index is 1620. The van der Waals surface area contributed by atoms with Gasteiger partial charge < -0.3 is 14.4 Å². The molecule has 0 radical (unpaired) electrons. The molecule has 1 amide bonds. The highest BCUT2D eigenvalue weighted by molar-refractivity contribution is 7.89. The van der Waals surface area contributed by atoms with Crippen LogP contribution in [-0.2, 0) is 31.5 Å². The first kappa shape index (κ1) is 37.8. The fourth-order valence-electron chi connectivity index (χ4n) is 5.39. The maximum Gasteiger partial charge on any atom is 0.341 e. The van der Waals surface area contributed by atoms with Crippen molar-refractivity contribution in [2.24, 2.45) is 0 Å². The van der Waals surface area contributed by atoms with Crippen LogP contribution >= 0.6 is 0 Å². The van der Waals surface area contributed by atoms with Gasteiger partial charge in [0.1, 0.15) is 11.3 Å². The number of anilines is 1. The Kier molecular flexibility index (Phi) is 13.2. The zero-order valence-electron chi connectivity index (χ0n) is 29.6. The lowest BCUT2D eigenvalue weighted by molar-refractivity contribution is -0.118. The monoisotopic (exact) mass is 664 g/mol. The van der Waals surface area contributed by atoms with Gasteiger partial charge in [-0.1, -0.05) is 89.4 Å². The second-order valence-corrected chi connectivity index (χ2v) is 15.3. The lowest BCUT2D eigenvalue weighted by Gasteiger charge is -2.27. The minimum absolute atomic E-state index is 0.0380. The van der Waals surface area contributed by atoms with Crippen LogP contribution in [0.1, 0.15) is 98.5 Å². The minimum Gasteiger partial charge on any atom is -0.493 e. The average molecular weight is 665 g/mol. The quantitative estimate of drug-likeness (QED) is 0.121. The van der Waals surface area contributed by atoms with Crippen LogP contribution in [0.4, 0.5) is 5.69 Å². The lowest BCUT2D eigenvalue weighted by Crippen LogP contribution is -2.41. The summed E-state index contributed by atoms with van der Waals surface area (Å²) in [6.07, 6.45) is 3.35. The molecule has 3 rings (SSSR count). The van der Waals surface area contributed by atoms with Crippen molar-refractivity contribution in [2.45, 2.75) is 97.9 Å². The highest BCUT2D eigenvalue weighted by Gasteiger charge is 2.29. The van der Waals surface area contributed by atoms with E-state index in [1.54, 1.807) is 36.9 Å². The molecule has 0 spiro atoms. The standard InChI is InChI=1S/C38H52N2O6S/c1-10-12-20-45-34-24-32(18-19-33(34)37(42)46-21-13-11-2)40(25-30-14-16-31(17-15-30)38(6,7)8)35(41)26-39(9)47(43,44)36-28(4)22-27(3)23-29(36)5/h14-19,22-24H,10-13,20-21,25-26H2,1-9H3. The van der Waals surface area contributed by atoms with Crippen molar-refractivity contribution >= 4 is 27.6 Å². The molecule has 0 heterocycles. The smallest absolute Gasteiger partial charge is 0.341 e. The molecular formula is C38H52N2O6S. The molecule has 8 nitrogen and oxygen atoms in total. The Hall–Kier alpha value is -3.69. The Balaban J connectivity index is 2.04. The normalized spacial score (nSPS) is 11.9. The second kappa shape index (κ2) is 16.4. The number of amides is 1. The molecule has 0 saturated heterocycles. The average Bonchev–Trinajstić information content (AvgIpc) is 2.99. The Morgan fingerprint density at radius 3 is 2.00 bits per heavy atom. The first-order valence-corrected chi connectivity index (χ1v) is 17.9. The van der Waals surface area contributed by atoms with Gasteiger partial charge in [0.25, 0.3) is 0 Å². The molecule has 0 unspecified atom stereocenters. The number of likely N-dealkylation sites (N-methyl/N-ethyl adjacent to an activating group) is 1. The topological polar surface area (TPSA) is 93.2 Å². The summed E-state index contributed by atoms with van der Waals surface area (Å²) in [6, 6.07) is 16.7. The van der Waals surface area contributed by atoms with Gasteiger partial charge in [0.05, 0.1) is 31.2 Å². The molecule has 9 heteroatoms. The number of esters is 1. The van der Waals surface area contributed by atoms with Crippen LogP contribution in [-0.4, -0.2) is 51.4 Å². The molecule has 0 aliphatic heterocycles. The number of ether oxygens (including phenoxy) is 2. The van der Waals surface area contributed by atoms with Crippen LogP contribution in [0.25, 0.3) is 0 Å². The summed E-state index contributed by atoms with van der Waals surface area (Å²) in [4.78, 5) is 28.9. The van der Waals surface area contributed by atoms with E-state index in [1.807, 2.05) is 50.2 Å². The summed E-state index contributed by atoms with van der Waals surface area (Å²) in [7, 11) is -2.55. The number of hydrogen-bond donors (Lipinski definition) is 0. The van der Waals surface area contributed by atoms with Crippen LogP contribution < -0.4 is 9.64 Å². The maximum atomic E-state index is 14.1. The number of hydrogen-bond acceptors (Lipinski definition) is 6. The number of unbranched alkanes of at least 4 members (excludes halogenated alkanes) is 2. The van der Waals surface area contributed by atoms with E-state index in [4.69, 9.17) is 9.47 Å². The molecule has 256 valence electrons. The molecule has 0 bridgehead atoms. The molecular weight excluding hydrogens is 612 g/mol. The summed E-state index contributed by atoms with van der Waals surface area (Å²) in [6.45, 7) is 16.5. The summed E-state index contributed by atoms with van der Waals surface area (Å²) in [5.74, 6) is -0.580. The maximum absolute atomic E-state index is 14.1. The lowest BCUT2D eigenvalue weighted by atomic mass is 9.87. The van der Waals surface area contributed by atoms with Gasteiger partial charge >= 0.3 is 5.97 Å². The molecule has 47 heavy (non-hydrogen) atoms. The number of aryl methyl sites for hydroxylation is 3. The van der Waals surface area contributed by atoms with E-state index in [-0.39, 0.29) is 29.0 Å². The molecule has 0 N–H and O–H groups in total. The zero-order chi connectivity index (χ0) is 34.9. The van der Waals surface area contributed by atoms with E-state index >= 15 is 0 Å². The summed E-state index contributed by atoms with van der Waals surface area (Å²) >= 11 is 0. The van der Waals surface area contributed by atoms with Crippen LogP contribution in [0, 0.1) is 20.8 Å². The molecule has 0 aliphatic rings. The van der Waals surface area contributed by atoms with E-state index in [1.165, 1.54) is 7.05 Å². The first-order chi connectivity index (χ1) is 22.1. The third-order valence-electron chi connectivity index (χ3n) is 8.08. The van der Waals surface area contributed by atoms with E-state index in [2.05, 4.69) is 27.7 Å². The number of nitrogens with zero attached hydrogens (tertiary/aromatic N) is 2. The van der Waals surface area contributed by atoms with Crippen LogP contribution in [0.2, 0.25) is 0 Å². The van der Waals surface area contributed by atoms with E-state index < -0.39 is 21.9 Å². The van der Waals surface area contributed by atoms with E-state index in [0.29, 0.717) is 35.8 Å². The Morgan fingerprint density at radius 2 is 1.43 bits per heavy atom. The molecule has 3 aromatic rings. The van der Waals surface area contributed by atoms with Gasteiger partial charge in [-0.05, 0) is 73.4 Å². The third kappa shape index (κ3) is 9.91. The number of benzene rings is 3. The fourth-order valence-corrected chi connectivity index (χ4v) is 6.91. The van der Waals surface area contributed by atoms with Crippen molar-refractivity contribution in [2.75, 3.05) is 31.7 Å². The van der Waals surface area contributed by atoms with Crippen LogP contribution in [0.15, 0.2) is 59.5 Å². The second-order valence-electron chi connectivity index (χ2n) is 13.3. The van der Waals surface area contributed by atoms with Gasteiger partial charge in [-0.2, -0.15) is 4.31 Å². The summed E-state index contributed by atoms with van der Waals surface area (Å²) < 4.78 is 40.2. The number of carbonyl (C=O) groups is 2. The van der Waals surface area contributed by atoms with Crippen molar-refractivity contribution in [3.05, 3.63) is 88.0 Å². The van der Waals surface area contributed by atoms with Gasteiger partial charge in [-0.3, -0.25) is 4.79 Å². The molecule has 0 fully saturated rings. The van der Waals surface area contributed by atoms with E-state index in [9.17, 15) is 18.0 Å². The highest BCUT2D eigenvalue weighted by Crippen LogP contribution is 2.30. The zero-order valence-corrected chi connectivity index (χ0v) is 30.4. The SMILES string of the molecule is CCCCOC(=O)c1ccc(N(Cc2ccc(C(C)(C)C)cc2)C(=O)CN(C)S(=O)(=O)c2c(C)cc(C)cc2C)cc1OCCCC. The van der Waals surface area contributed by atoms with Crippen molar-refractivity contribution in [3.63, 3.8) is 0 Å². The van der Waals surface area contributed by atoms with Crippen molar-refractivity contribution in [3.8, 4) is 5.75 Å². The van der Waals surface area contributed by atoms with Gasteiger partial charge in [-0.15, -0.1) is 0 Å². The van der Waals surface area contributed by atoms with Crippen LogP contribution in [0.5, 0.6) is 5.75 Å². The number of rotatable bonds is 15.